The van der Waals surface area contributed by atoms with Crippen LogP contribution in [0.1, 0.15) is 11.3 Å². The molecule has 2 atom stereocenters. The summed E-state index contributed by atoms with van der Waals surface area (Å²) in [6, 6.07) is 8.09. The molecule has 0 saturated carbocycles. The van der Waals surface area contributed by atoms with Gasteiger partial charge >= 0.3 is 5.97 Å². The van der Waals surface area contributed by atoms with Crippen molar-refractivity contribution in [3.8, 4) is 0 Å². The lowest BCUT2D eigenvalue weighted by atomic mass is 10.1. The highest BCUT2D eigenvalue weighted by Crippen LogP contribution is 2.17. The number of fused-ring (bicyclic) bond motifs is 1. The number of H-pyrrole nitrogens is 1. The number of aliphatic hydroxyl groups excluding tert-OH is 2. The van der Waals surface area contributed by atoms with Crippen molar-refractivity contribution in [2.45, 2.75) is 26.1 Å². The Hall–Kier alpha value is -2.79. The van der Waals surface area contributed by atoms with Gasteiger partial charge in [-0.2, -0.15) is 0 Å². The molecule has 1 heterocycles. The van der Waals surface area contributed by atoms with Crippen molar-refractivity contribution >= 4 is 28.5 Å². The van der Waals surface area contributed by atoms with Crippen LogP contribution in [-0.4, -0.2) is 50.4 Å². The van der Waals surface area contributed by atoms with Crippen LogP contribution in [0.15, 0.2) is 24.3 Å². The number of aryl methyl sites for hydroxylation is 2. The predicted octanol–water partition coefficient (Wildman–Crippen LogP) is -3.25. The lowest BCUT2D eigenvalue weighted by Crippen LogP contribution is -2.46. The minimum absolute atomic E-state index is 0. The van der Waals surface area contributed by atoms with Crippen LogP contribution in [0.5, 0.6) is 0 Å². The maximum absolute atomic E-state index is 9.74. The number of carbonyl (C=O) groups excluding carboxylic acids is 1. The fraction of sp³-hybridized carbons (Fsp3) is 0.267. The first-order valence-electron chi connectivity index (χ1n) is 6.62. The molecule has 0 radical (unpaired) electrons. The summed E-state index contributed by atoms with van der Waals surface area (Å²) in [5, 5.41) is 35.4. The van der Waals surface area contributed by atoms with Gasteiger partial charge in [0.05, 0.1) is 5.97 Å². The number of hydrogen-bond donors (Lipinski definition) is 4. The lowest BCUT2D eigenvalue weighted by molar-refractivity contribution is -0.354. The molecule has 0 aliphatic rings. The number of carbonyl (C=O) groups is 2. The highest BCUT2D eigenvalue weighted by atomic mass is 16.4. The number of aromatic amines is 1. The molecule has 0 amide bonds. The summed E-state index contributed by atoms with van der Waals surface area (Å²) in [4.78, 5) is 22.7. The quantitative estimate of drug-likeness (QED) is 0.409. The molecular formula is C15H22N2O8. The van der Waals surface area contributed by atoms with Crippen molar-refractivity contribution < 1.29 is 46.0 Å². The summed E-state index contributed by atoms with van der Waals surface area (Å²) >= 11 is 0. The number of carboxylic acids is 2. The number of anilines is 1. The first kappa shape index (κ1) is 24.5. The van der Waals surface area contributed by atoms with Crippen molar-refractivity contribution in [3.05, 3.63) is 35.5 Å². The number of aromatic nitrogens is 1. The number of nitrogens with one attached hydrogen (secondary N) is 1. The largest absolute Gasteiger partial charge is 0.547 e. The van der Waals surface area contributed by atoms with E-state index in [0.717, 1.165) is 16.9 Å². The number of carboxylic acid groups (broad SMARTS) is 2. The van der Waals surface area contributed by atoms with Gasteiger partial charge in [0.15, 0.2) is 11.8 Å². The van der Waals surface area contributed by atoms with Gasteiger partial charge in [-0.1, -0.05) is 0 Å². The van der Waals surface area contributed by atoms with Crippen LogP contribution in [0.4, 0.5) is 5.69 Å². The zero-order valence-electron chi connectivity index (χ0n) is 13.6. The molecule has 0 unspecified atom stereocenters. The van der Waals surface area contributed by atoms with Crippen LogP contribution >= 0.6 is 0 Å². The molecule has 1 aromatic carbocycles. The molecule has 0 bridgehead atoms. The Labute approximate surface area is 142 Å². The van der Waals surface area contributed by atoms with Crippen LogP contribution in [-0.2, 0) is 9.59 Å². The summed E-state index contributed by atoms with van der Waals surface area (Å²) in [6.45, 7) is 4.16. The molecule has 25 heavy (non-hydrogen) atoms. The van der Waals surface area contributed by atoms with Gasteiger partial charge in [0.1, 0.15) is 6.10 Å². The molecule has 0 aliphatic carbocycles. The van der Waals surface area contributed by atoms with E-state index in [2.05, 4.69) is 31.0 Å². The molecule has 10 N–H and O–H groups in total. The molecular weight excluding hydrogens is 336 g/mol. The van der Waals surface area contributed by atoms with E-state index in [1.54, 1.807) is 0 Å². The zero-order chi connectivity index (χ0) is 17.7. The summed E-state index contributed by atoms with van der Waals surface area (Å²) in [5.74, 6) is -3.83. The molecule has 0 aliphatic heterocycles. The number of aliphatic hydroxyl groups is 2. The topological polar surface area (TPSA) is 221 Å². The van der Waals surface area contributed by atoms with Gasteiger partial charge in [0, 0.05) is 30.1 Å². The Bertz CT molecular complexity index is 712. The highest BCUT2D eigenvalue weighted by Gasteiger charge is 2.23. The molecule has 2 rings (SSSR count). The standard InChI is InChI=1S/C11H12N2.C4H6O6.2H2O/c1-7-5-8(2)13-11-6-9(12)3-4-10(7)11;5-1(3(7)8)2(6)4(9)10;;/h3-6H,12H2,1-2H3;1-2,5-6H,(H,7,8)(H,9,10);2*1H2/t;1-,2-;;/m.0../s1. The van der Waals surface area contributed by atoms with Gasteiger partial charge in [-0.15, -0.1) is 0 Å². The van der Waals surface area contributed by atoms with Gasteiger partial charge in [-0.05, 0) is 24.6 Å². The number of rotatable bonds is 3. The van der Waals surface area contributed by atoms with Crippen molar-refractivity contribution in [1.82, 2.24) is 0 Å². The lowest BCUT2D eigenvalue weighted by Gasteiger charge is -2.13. The van der Waals surface area contributed by atoms with Crippen molar-refractivity contribution in [1.29, 1.82) is 0 Å². The Morgan fingerprint density at radius 3 is 2.12 bits per heavy atom. The Morgan fingerprint density at radius 2 is 1.68 bits per heavy atom. The number of pyridine rings is 1. The summed E-state index contributed by atoms with van der Waals surface area (Å²) in [7, 11) is 0. The number of hydrogen-bond acceptors (Lipinski definition) is 6. The van der Waals surface area contributed by atoms with Crippen LogP contribution in [0.25, 0.3) is 10.9 Å². The van der Waals surface area contributed by atoms with E-state index in [-0.39, 0.29) is 11.0 Å². The molecule has 0 fully saturated rings. The fourth-order valence-corrected chi connectivity index (χ4v) is 1.92. The minimum Gasteiger partial charge on any atom is -0.547 e. The third-order valence-corrected chi connectivity index (χ3v) is 3.03. The smallest absolute Gasteiger partial charge is 0.335 e. The average molecular weight is 358 g/mol. The first-order valence-corrected chi connectivity index (χ1v) is 6.62. The third-order valence-electron chi connectivity index (χ3n) is 3.03. The zero-order valence-corrected chi connectivity index (χ0v) is 13.6. The summed E-state index contributed by atoms with van der Waals surface area (Å²) in [5.41, 5.74) is 10.1. The average Bonchev–Trinajstić information content (AvgIpc) is 2.45. The molecule has 10 heteroatoms. The Morgan fingerprint density at radius 1 is 1.12 bits per heavy atom. The van der Waals surface area contributed by atoms with E-state index in [0.29, 0.717) is 0 Å². The third kappa shape index (κ3) is 6.69. The van der Waals surface area contributed by atoms with Gasteiger partial charge in [-0.3, -0.25) is 0 Å². The predicted molar refractivity (Wildman–Crippen MR) is 86.3 cm³/mol. The van der Waals surface area contributed by atoms with Crippen molar-refractivity contribution in [2.75, 3.05) is 5.73 Å². The Balaban J connectivity index is 0. The van der Waals surface area contributed by atoms with E-state index < -0.39 is 24.1 Å². The van der Waals surface area contributed by atoms with Crippen molar-refractivity contribution in [2.24, 2.45) is 0 Å². The number of aliphatic carboxylic acids is 2. The monoisotopic (exact) mass is 358 g/mol. The molecule has 2 aromatic rings. The fourth-order valence-electron chi connectivity index (χ4n) is 1.92. The first-order chi connectivity index (χ1) is 10.6. The van der Waals surface area contributed by atoms with E-state index in [4.69, 9.17) is 21.1 Å². The van der Waals surface area contributed by atoms with Gasteiger partial charge in [-0.25, -0.2) is 9.78 Å². The molecule has 140 valence electrons. The van der Waals surface area contributed by atoms with E-state index in [9.17, 15) is 14.7 Å². The molecule has 0 saturated heterocycles. The van der Waals surface area contributed by atoms with Gasteiger partial charge in [0.25, 0.3) is 0 Å². The normalized spacial score (nSPS) is 11.8. The van der Waals surface area contributed by atoms with E-state index in [1.807, 2.05) is 12.1 Å². The van der Waals surface area contributed by atoms with E-state index in [1.165, 1.54) is 10.9 Å². The van der Waals surface area contributed by atoms with E-state index >= 15 is 0 Å². The van der Waals surface area contributed by atoms with Gasteiger partial charge in [0.2, 0.25) is 5.52 Å². The maximum atomic E-state index is 9.74. The van der Waals surface area contributed by atoms with Gasteiger partial charge < -0.3 is 41.9 Å². The van der Waals surface area contributed by atoms with Crippen LogP contribution in [0.2, 0.25) is 0 Å². The van der Waals surface area contributed by atoms with Crippen LogP contribution in [0, 0.1) is 13.8 Å². The SMILES string of the molecule is Cc1cc(C)c2ccc(N)cc2[nH+]1.O.O.O=C([O-])[C@@H](O)[C@H](O)C(=O)O. The number of nitrogens with two attached hydrogens (primary N) is 1. The Kier molecular flexibility index (Phi) is 9.93. The highest BCUT2D eigenvalue weighted by molar-refractivity contribution is 5.82. The second-order valence-corrected chi connectivity index (χ2v) is 4.99. The number of nitrogen functional groups attached to an aromatic ring is 1. The second-order valence-electron chi connectivity index (χ2n) is 4.99. The molecule has 1 aromatic heterocycles. The molecule has 10 nitrogen and oxygen atoms in total. The van der Waals surface area contributed by atoms with Crippen molar-refractivity contribution in [3.63, 3.8) is 0 Å². The number of benzene rings is 1. The summed E-state index contributed by atoms with van der Waals surface area (Å²) in [6.07, 6.45) is -4.71. The van der Waals surface area contributed by atoms with Crippen LogP contribution < -0.4 is 15.8 Å². The van der Waals surface area contributed by atoms with Crippen LogP contribution in [0.3, 0.4) is 0 Å². The minimum atomic E-state index is -2.38. The summed E-state index contributed by atoms with van der Waals surface area (Å²) < 4.78 is 0. The maximum Gasteiger partial charge on any atom is 0.335 e. The molecule has 0 spiro atoms. The second kappa shape index (κ2) is 10.2.